The summed E-state index contributed by atoms with van der Waals surface area (Å²) in [5, 5.41) is 10.4. The van der Waals surface area contributed by atoms with E-state index >= 15 is 0 Å². The van der Waals surface area contributed by atoms with E-state index in [4.69, 9.17) is 9.47 Å². The van der Waals surface area contributed by atoms with Crippen molar-refractivity contribution in [2.75, 3.05) is 0 Å². The number of likely N-dealkylation sites (tertiary alicyclic amines) is 1. The van der Waals surface area contributed by atoms with Crippen LogP contribution in [-0.2, 0) is 14.3 Å². The lowest BCUT2D eigenvalue weighted by molar-refractivity contribution is -0.166. The first-order valence-corrected chi connectivity index (χ1v) is 9.34. The Balaban J connectivity index is 2.42. The molecule has 1 amide bonds. The molecule has 1 aliphatic rings. The third kappa shape index (κ3) is 5.96. The highest BCUT2D eigenvalue weighted by atomic mass is 16.6. The number of esters is 1. The Bertz CT molecular complexity index is 659. The minimum atomic E-state index is -0.909. The van der Waals surface area contributed by atoms with E-state index in [2.05, 4.69) is 0 Å². The summed E-state index contributed by atoms with van der Waals surface area (Å²) >= 11 is 0. The SMILES string of the molecule is CC(C)(C)OC(=O)[C@@H]1C[C@H](O)C[C@H](c2ccccc2)N1C(=O)OC(C)(C)C. The Morgan fingerprint density at radius 2 is 1.52 bits per heavy atom. The minimum Gasteiger partial charge on any atom is -0.458 e. The van der Waals surface area contributed by atoms with Gasteiger partial charge >= 0.3 is 12.1 Å². The number of amides is 1. The smallest absolute Gasteiger partial charge is 0.411 e. The summed E-state index contributed by atoms with van der Waals surface area (Å²) in [7, 11) is 0. The van der Waals surface area contributed by atoms with Crippen LogP contribution in [0.3, 0.4) is 0 Å². The van der Waals surface area contributed by atoms with Crippen LogP contribution in [0.2, 0.25) is 0 Å². The highest BCUT2D eigenvalue weighted by Gasteiger charge is 2.45. The zero-order valence-electron chi connectivity index (χ0n) is 17.1. The van der Waals surface area contributed by atoms with Crippen molar-refractivity contribution < 1.29 is 24.2 Å². The van der Waals surface area contributed by atoms with Crippen molar-refractivity contribution in [1.82, 2.24) is 4.90 Å². The molecule has 1 heterocycles. The molecule has 1 fully saturated rings. The van der Waals surface area contributed by atoms with Crippen LogP contribution in [0.15, 0.2) is 30.3 Å². The molecular formula is C21H31NO5. The van der Waals surface area contributed by atoms with E-state index in [0.717, 1.165) is 5.56 Å². The van der Waals surface area contributed by atoms with Crippen LogP contribution < -0.4 is 0 Å². The molecule has 27 heavy (non-hydrogen) atoms. The molecule has 0 bridgehead atoms. The summed E-state index contributed by atoms with van der Waals surface area (Å²) in [6.07, 6.45) is -0.842. The molecule has 0 unspecified atom stereocenters. The van der Waals surface area contributed by atoms with E-state index in [1.54, 1.807) is 41.5 Å². The van der Waals surface area contributed by atoms with Crippen LogP contribution in [0.5, 0.6) is 0 Å². The topological polar surface area (TPSA) is 76.1 Å². The maximum absolute atomic E-state index is 13.0. The third-order valence-corrected chi connectivity index (χ3v) is 4.13. The first kappa shape index (κ1) is 21.2. The predicted molar refractivity (Wildman–Crippen MR) is 102 cm³/mol. The fourth-order valence-corrected chi connectivity index (χ4v) is 3.18. The van der Waals surface area contributed by atoms with Crippen LogP contribution in [0.4, 0.5) is 4.79 Å². The van der Waals surface area contributed by atoms with Gasteiger partial charge in [0.25, 0.3) is 0 Å². The van der Waals surface area contributed by atoms with Crippen molar-refractivity contribution >= 4 is 12.1 Å². The molecule has 0 aliphatic carbocycles. The van der Waals surface area contributed by atoms with Crippen molar-refractivity contribution in [1.29, 1.82) is 0 Å². The normalized spacial score (nSPS) is 23.7. The Kier molecular flexibility index (Phi) is 6.20. The molecule has 1 aromatic rings. The van der Waals surface area contributed by atoms with Gasteiger partial charge in [0.2, 0.25) is 0 Å². The molecule has 6 nitrogen and oxygen atoms in total. The molecule has 1 aromatic carbocycles. The molecule has 2 rings (SSSR count). The summed E-state index contributed by atoms with van der Waals surface area (Å²) in [6.45, 7) is 10.7. The van der Waals surface area contributed by atoms with Gasteiger partial charge in [0.05, 0.1) is 12.1 Å². The zero-order valence-corrected chi connectivity index (χ0v) is 17.1. The number of rotatable bonds is 2. The number of hydrogen-bond acceptors (Lipinski definition) is 5. The summed E-state index contributed by atoms with van der Waals surface area (Å²) in [4.78, 5) is 27.3. The Labute approximate surface area is 161 Å². The van der Waals surface area contributed by atoms with Gasteiger partial charge in [-0.3, -0.25) is 4.90 Å². The fourth-order valence-electron chi connectivity index (χ4n) is 3.18. The number of nitrogens with zero attached hydrogens (tertiary/aromatic N) is 1. The number of piperidine rings is 1. The lowest BCUT2D eigenvalue weighted by Gasteiger charge is -2.43. The van der Waals surface area contributed by atoms with Gasteiger partial charge in [0.15, 0.2) is 0 Å². The van der Waals surface area contributed by atoms with Crippen molar-refractivity contribution in [3.63, 3.8) is 0 Å². The van der Waals surface area contributed by atoms with Gasteiger partial charge in [-0.1, -0.05) is 30.3 Å². The lowest BCUT2D eigenvalue weighted by Crippen LogP contribution is -2.55. The minimum absolute atomic E-state index is 0.123. The van der Waals surface area contributed by atoms with Crippen LogP contribution in [0.25, 0.3) is 0 Å². The second-order valence-electron chi connectivity index (χ2n) is 8.99. The maximum Gasteiger partial charge on any atom is 0.411 e. The number of hydrogen-bond donors (Lipinski definition) is 1. The molecule has 1 aliphatic heterocycles. The number of carbonyl (C=O) groups excluding carboxylic acids is 2. The molecule has 0 saturated carbocycles. The molecule has 0 radical (unpaired) electrons. The zero-order chi connectivity index (χ0) is 20.4. The first-order chi connectivity index (χ1) is 12.4. The highest BCUT2D eigenvalue weighted by Crippen LogP contribution is 2.36. The molecule has 0 spiro atoms. The molecule has 0 aromatic heterocycles. The fraction of sp³-hybridized carbons (Fsp3) is 0.619. The molecule has 3 atom stereocenters. The van der Waals surface area contributed by atoms with Gasteiger partial charge in [-0.25, -0.2) is 9.59 Å². The van der Waals surface area contributed by atoms with E-state index in [1.807, 2.05) is 30.3 Å². The summed E-state index contributed by atoms with van der Waals surface area (Å²) < 4.78 is 11.1. The monoisotopic (exact) mass is 377 g/mol. The number of ether oxygens (including phenoxy) is 2. The van der Waals surface area contributed by atoms with Crippen LogP contribution in [0.1, 0.15) is 66.0 Å². The molecule has 6 heteroatoms. The molecule has 150 valence electrons. The van der Waals surface area contributed by atoms with Gasteiger partial charge in [-0.05, 0) is 53.5 Å². The van der Waals surface area contributed by atoms with E-state index in [-0.39, 0.29) is 6.42 Å². The van der Waals surface area contributed by atoms with E-state index in [1.165, 1.54) is 4.90 Å². The maximum atomic E-state index is 13.0. The second-order valence-corrected chi connectivity index (χ2v) is 8.99. The van der Waals surface area contributed by atoms with Crippen molar-refractivity contribution in [2.24, 2.45) is 0 Å². The lowest BCUT2D eigenvalue weighted by atomic mass is 9.89. The van der Waals surface area contributed by atoms with Gasteiger partial charge < -0.3 is 14.6 Å². The predicted octanol–water partition coefficient (Wildman–Crippen LogP) is 3.83. The number of aliphatic hydroxyl groups is 1. The molecular weight excluding hydrogens is 346 g/mol. The van der Waals surface area contributed by atoms with Crippen molar-refractivity contribution in [3.8, 4) is 0 Å². The summed E-state index contributed by atoms with van der Waals surface area (Å²) in [5.74, 6) is -0.534. The average Bonchev–Trinajstić information content (AvgIpc) is 2.51. The largest absolute Gasteiger partial charge is 0.458 e. The number of carbonyl (C=O) groups is 2. The van der Waals surface area contributed by atoms with Crippen LogP contribution >= 0.6 is 0 Å². The number of aliphatic hydroxyl groups excluding tert-OH is 1. The molecule has 1 N–H and O–H groups in total. The van der Waals surface area contributed by atoms with E-state index in [9.17, 15) is 14.7 Å². The third-order valence-electron chi connectivity index (χ3n) is 4.13. The van der Waals surface area contributed by atoms with E-state index < -0.39 is 41.5 Å². The van der Waals surface area contributed by atoms with Crippen molar-refractivity contribution in [3.05, 3.63) is 35.9 Å². The first-order valence-electron chi connectivity index (χ1n) is 9.34. The quantitative estimate of drug-likeness (QED) is 0.793. The Morgan fingerprint density at radius 3 is 2.04 bits per heavy atom. The van der Waals surface area contributed by atoms with Gasteiger partial charge in [0, 0.05) is 6.42 Å². The van der Waals surface area contributed by atoms with Gasteiger partial charge in [-0.2, -0.15) is 0 Å². The summed E-state index contributed by atoms with van der Waals surface area (Å²) in [5.41, 5.74) is -0.551. The second kappa shape index (κ2) is 7.89. The standard InChI is InChI=1S/C21H31NO5/c1-20(2,3)26-18(24)17-13-15(23)12-16(14-10-8-7-9-11-14)22(17)19(25)27-21(4,5)6/h7-11,15-17,23H,12-13H2,1-6H3/t15-,16-,17+/m1/s1. The number of benzene rings is 1. The molecule has 1 saturated heterocycles. The van der Waals surface area contributed by atoms with Gasteiger partial charge in [-0.15, -0.1) is 0 Å². The summed E-state index contributed by atoms with van der Waals surface area (Å²) in [6, 6.07) is 8.00. The van der Waals surface area contributed by atoms with Crippen molar-refractivity contribution in [2.45, 2.75) is 83.8 Å². The van der Waals surface area contributed by atoms with E-state index in [0.29, 0.717) is 6.42 Å². The highest BCUT2D eigenvalue weighted by molar-refractivity contribution is 5.82. The van der Waals surface area contributed by atoms with Crippen LogP contribution in [-0.4, -0.2) is 45.4 Å². The Morgan fingerprint density at radius 1 is 0.963 bits per heavy atom. The average molecular weight is 377 g/mol. The van der Waals surface area contributed by atoms with Gasteiger partial charge in [0.1, 0.15) is 17.2 Å². The van der Waals surface area contributed by atoms with Crippen LogP contribution in [0, 0.1) is 0 Å². The Hall–Kier alpha value is -2.08.